The summed E-state index contributed by atoms with van der Waals surface area (Å²) in [4.78, 5) is 3.80. The first-order valence-corrected chi connectivity index (χ1v) is 17.4. The molecule has 240 valence electrons. The number of para-hydroxylation sites is 3. The molecular formula is C48H38N2. The summed E-state index contributed by atoms with van der Waals surface area (Å²) >= 11 is 0. The number of allylic oxidation sites excluding steroid dienone is 1. The molecule has 2 heterocycles. The summed E-state index contributed by atoms with van der Waals surface area (Å²) in [6, 6.07) is 55.8. The van der Waals surface area contributed by atoms with E-state index >= 15 is 0 Å². The van der Waals surface area contributed by atoms with Crippen LogP contribution in [-0.2, 0) is 5.41 Å². The van der Waals surface area contributed by atoms with Crippen LogP contribution in [0.25, 0.3) is 82.7 Å². The van der Waals surface area contributed by atoms with Crippen molar-refractivity contribution in [2.45, 2.75) is 26.2 Å². The van der Waals surface area contributed by atoms with Crippen molar-refractivity contribution in [1.29, 1.82) is 0 Å². The number of nitrogens with one attached hydrogen (secondary N) is 1. The standard InChI is InChI=1S/C45H32N2.C3H6/c1-45(2)39-18-6-3-13-33(39)34-23-21-29(26-40(34)45)28-11-9-12-30(25-28)32-16-10-17-37-38-27-31(22-24-41(38)46-44(32)37)47-42-19-7-4-14-35(42)36-15-5-8-20-43(36)47;1-3-2/h3-27,46H,1-2H3;3H,1H2,2H3. The summed E-state index contributed by atoms with van der Waals surface area (Å²) in [5, 5.41) is 5.03. The molecule has 1 N–H and O–H groups in total. The highest BCUT2D eigenvalue weighted by Gasteiger charge is 2.35. The number of nitrogens with zero attached hydrogens (tertiary/aromatic N) is 1. The number of benzene rings is 7. The molecule has 0 unspecified atom stereocenters. The highest BCUT2D eigenvalue weighted by atomic mass is 15.0. The lowest BCUT2D eigenvalue weighted by Crippen LogP contribution is -2.14. The van der Waals surface area contributed by atoms with Gasteiger partial charge < -0.3 is 9.55 Å². The Hall–Kier alpha value is -6.12. The van der Waals surface area contributed by atoms with E-state index in [4.69, 9.17) is 0 Å². The quantitative estimate of drug-likeness (QED) is 0.185. The van der Waals surface area contributed by atoms with Crippen LogP contribution in [0.5, 0.6) is 0 Å². The normalized spacial score (nSPS) is 12.9. The van der Waals surface area contributed by atoms with Crippen molar-refractivity contribution < 1.29 is 0 Å². The first-order valence-electron chi connectivity index (χ1n) is 17.4. The van der Waals surface area contributed by atoms with Gasteiger partial charge in [0.1, 0.15) is 0 Å². The van der Waals surface area contributed by atoms with Gasteiger partial charge in [0.05, 0.1) is 16.6 Å². The largest absolute Gasteiger partial charge is 0.354 e. The second-order valence-corrected chi connectivity index (χ2v) is 13.9. The van der Waals surface area contributed by atoms with Gasteiger partial charge in [-0.25, -0.2) is 0 Å². The van der Waals surface area contributed by atoms with Crippen molar-refractivity contribution in [1.82, 2.24) is 9.55 Å². The van der Waals surface area contributed by atoms with Crippen LogP contribution in [0.3, 0.4) is 0 Å². The molecule has 0 radical (unpaired) electrons. The summed E-state index contributed by atoms with van der Waals surface area (Å²) in [6.45, 7) is 9.95. The van der Waals surface area contributed by atoms with Crippen molar-refractivity contribution in [3.05, 3.63) is 175 Å². The minimum Gasteiger partial charge on any atom is -0.354 e. The zero-order valence-electron chi connectivity index (χ0n) is 28.7. The molecule has 7 aromatic carbocycles. The summed E-state index contributed by atoms with van der Waals surface area (Å²) in [5.41, 5.74) is 16.4. The van der Waals surface area contributed by atoms with E-state index in [2.05, 4.69) is 182 Å². The van der Waals surface area contributed by atoms with Crippen LogP contribution in [0.2, 0.25) is 0 Å². The molecule has 2 aromatic heterocycles. The molecule has 9 aromatic rings. The van der Waals surface area contributed by atoms with E-state index in [1.54, 1.807) is 6.08 Å². The fourth-order valence-corrected chi connectivity index (χ4v) is 8.24. The predicted octanol–water partition coefficient (Wildman–Crippen LogP) is 13.3. The average molecular weight is 643 g/mol. The van der Waals surface area contributed by atoms with Gasteiger partial charge in [0.25, 0.3) is 0 Å². The monoisotopic (exact) mass is 642 g/mol. The summed E-state index contributed by atoms with van der Waals surface area (Å²) < 4.78 is 2.40. The molecule has 0 bridgehead atoms. The van der Waals surface area contributed by atoms with Gasteiger partial charge in [0.15, 0.2) is 0 Å². The topological polar surface area (TPSA) is 20.7 Å². The van der Waals surface area contributed by atoms with Crippen LogP contribution in [0.1, 0.15) is 31.9 Å². The Morgan fingerprint density at radius 2 is 1.12 bits per heavy atom. The first-order chi connectivity index (χ1) is 24.5. The van der Waals surface area contributed by atoms with Gasteiger partial charge in [-0.05, 0) is 88.3 Å². The Morgan fingerprint density at radius 3 is 1.90 bits per heavy atom. The van der Waals surface area contributed by atoms with Gasteiger partial charge in [0, 0.05) is 43.7 Å². The van der Waals surface area contributed by atoms with E-state index in [1.165, 1.54) is 88.3 Å². The van der Waals surface area contributed by atoms with Crippen LogP contribution in [-0.4, -0.2) is 9.55 Å². The maximum absolute atomic E-state index is 3.80. The van der Waals surface area contributed by atoms with Crippen LogP contribution in [0.4, 0.5) is 0 Å². The van der Waals surface area contributed by atoms with Gasteiger partial charge >= 0.3 is 0 Å². The van der Waals surface area contributed by atoms with Gasteiger partial charge in [-0.3, -0.25) is 0 Å². The molecular weight excluding hydrogens is 605 g/mol. The van der Waals surface area contributed by atoms with Crippen molar-refractivity contribution >= 4 is 43.6 Å². The van der Waals surface area contributed by atoms with E-state index < -0.39 is 0 Å². The number of fused-ring (bicyclic) bond motifs is 9. The highest BCUT2D eigenvalue weighted by molar-refractivity contribution is 6.13. The summed E-state index contributed by atoms with van der Waals surface area (Å²) in [6.07, 6.45) is 1.75. The molecule has 0 amide bonds. The Balaban J connectivity index is 0.00000109. The zero-order chi connectivity index (χ0) is 34.0. The third kappa shape index (κ3) is 4.49. The van der Waals surface area contributed by atoms with Crippen molar-refractivity contribution in [2.75, 3.05) is 0 Å². The summed E-state index contributed by atoms with van der Waals surface area (Å²) in [5.74, 6) is 0. The number of aromatic nitrogens is 2. The molecule has 0 saturated carbocycles. The third-order valence-corrected chi connectivity index (χ3v) is 10.5. The molecule has 0 atom stereocenters. The lowest BCUT2D eigenvalue weighted by atomic mass is 9.81. The number of rotatable bonds is 3. The molecule has 0 aliphatic heterocycles. The Bertz CT molecular complexity index is 2720. The second kappa shape index (κ2) is 11.5. The molecule has 0 spiro atoms. The van der Waals surface area contributed by atoms with Gasteiger partial charge in [-0.15, -0.1) is 6.58 Å². The van der Waals surface area contributed by atoms with E-state index in [0.29, 0.717) is 0 Å². The predicted molar refractivity (Wildman–Crippen MR) is 214 cm³/mol. The molecule has 0 saturated heterocycles. The minimum atomic E-state index is -0.0203. The molecule has 2 heteroatoms. The van der Waals surface area contributed by atoms with E-state index in [9.17, 15) is 0 Å². The Morgan fingerprint density at radius 1 is 0.520 bits per heavy atom. The van der Waals surface area contributed by atoms with Crippen LogP contribution in [0.15, 0.2) is 164 Å². The van der Waals surface area contributed by atoms with Gasteiger partial charge in [-0.2, -0.15) is 0 Å². The van der Waals surface area contributed by atoms with Crippen LogP contribution >= 0.6 is 0 Å². The maximum atomic E-state index is 3.80. The van der Waals surface area contributed by atoms with Gasteiger partial charge in [0.2, 0.25) is 0 Å². The number of H-pyrrole nitrogens is 1. The first kappa shape index (κ1) is 30.0. The van der Waals surface area contributed by atoms with E-state index in [0.717, 1.165) is 5.52 Å². The molecule has 0 fully saturated rings. The maximum Gasteiger partial charge on any atom is 0.0544 e. The van der Waals surface area contributed by atoms with Crippen molar-refractivity contribution in [3.63, 3.8) is 0 Å². The Kier molecular flexibility index (Phi) is 6.89. The third-order valence-electron chi connectivity index (χ3n) is 10.5. The molecule has 2 nitrogen and oxygen atoms in total. The van der Waals surface area contributed by atoms with Crippen molar-refractivity contribution in [3.8, 4) is 39.1 Å². The molecule has 10 rings (SSSR count). The van der Waals surface area contributed by atoms with E-state index in [-0.39, 0.29) is 5.41 Å². The number of hydrogen-bond donors (Lipinski definition) is 1. The molecule has 1 aliphatic carbocycles. The number of aromatic amines is 1. The molecule has 50 heavy (non-hydrogen) atoms. The van der Waals surface area contributed by atoms with Crippen LogP contribution in [0, 0.1) is 0 Å². The van der Waals surface area contributed by atoms with Crippen molar-refractivity contribution in [2.24, 2.45) is 0 Å². The highest BCUT2D eigenvalue weighted by Crippen LogP contribution is 2.49. The smallest absolute Gasteiger partial charge is 0.0544 e. The fraction of sp³-hybridized carbons (Fsp3) is 0.0833. The zero-order valence-corrected chi connectivity index (χ0v) is 28.7. The van der Waals surface area contributed by atoms with E-state index in [1.807, 2.05) is 6.92 Å². The SMILES string of the molecule is C=CC.CC1(C)c2ccccc2-c2ccc(-c3cccc(-c4cccc5c4[nH]c4ccc(-n6c7ccccc7c7ccccc76)cc45)c3)cc21. The average Bonchev–Trinajstić information content (AvgIpc) is 3.77. The fourth-order valence-electron chi connectivity index (χ4n) is 8.24. The summed E-state index contributed by atoms with van der Waals surface area (Å²) in [7, 11) is 0. The number of hydrogen-bond acceptors (Lipinski definition) is 0. The molecule has 1 aliphatic rings. The second-order valence-electron chi connectivity index (χ2n) is 13.9. The lowest BCUT2D eigenvalue weighted by Gasteiger charge is -2.22. The lowest BCUT2D eigenvalue weighted by molar-refractivity contribution is 0.660. The van der Waals surface area contributed by atoms with Crippen LogP contribution < -0.4 is 0 Å². The Labute approximate surface area is 293 Å². The van der Waals surface area contributed by atoms with Gasteiger partial charge in [-0.1, -0.05) is 129 Å². The minimum absolute atomic E-state index is 0.0203.